The quantitative estimate of drug-likeness (QED) is 0.0505. The van der Waals surface area contributed by atoms with Crippen LogP contribution in [0.15, 0.2) is 0 Å². The third kappa shape index (κ3) is 41.4. The average Bonchev–Trinajstić information content (AvgIpc) is 3.35. The summed E-state index contributed by atoms with van der Waals surface area (Å²) in [5.74, 6) is 5.03. The minimum Gasteiger partial charge on any atom is -0.481 e. The molecule has 0 amide bonds. The predicted octanol–water partition coefficient (Wildman–Crippen LogP) is 15.1. The summed E-state index contributed by atoms with van der Waals surface area (Å²) in [7, 11) is 0. The number of thioether (sulfide) groups is 3. The van der Waals surface area contributed by atoms with Crippen molar-refractivity contribution in [2.45, 2.75) is 233 Å². The second-order valence-corrected chi connectivity index (χ2v) is 24.4. The van der Waals surface area contributed by atoms with E-state index in [0.717, 1.165) is 115 Å². The standard InChI is InChI=1S/C22H43NO2S.C18H35NO2S.C17H33NO2S/c1-2-3-4-5-6-7-8-9-10-11-12-13-18-26-19-17-23-16-14-15-21(20-23)22(24)25;1-2-3-4-5-6-7-8-9-14-22-15-13-19-12-10-11-17(16-19)18(20)21;1-2-3-4-5-6-7-8-13-21-14-12-18-11-9-10-16(15-18)17(19)20/h21H,2-20H2,1H3,(H,24,25);17H,2-16H2,1H3,(H,20,21);16H,2-15H2,1H3,(H,19,20). The van der Waals surface area contributed by atoms with Crippen LogP contribution in [-0.2, 0) is 14.4 Å². The molecule has 0 aliphatic carbocycles. The van der Waals surface area contributed by atoms with E-state index in [2.05, 4.69) is 35.5 Å². The molecule has 69 heavy (non-hydrogen) atoms. The topological polar surface area (TPSA) is 122 Å². The van der Waals surface area contributed by atoms with E-state index in [4.69, 9.17) is 15.3 Å². The van der Waals surface area contributed by atoms with Gasteiger partial charge in [-0.15, -0.1) is 0 Å². The maximum atomic E-state index is 11.1. The molecule has 0 saturated carbocycles. The summed E-state index contributed by atoms with van der Waals surface area (Å²) in [5.41, 5.74) is 0. The van der Waals surface area contributed by atoms with Gasteiger partial charge in [0.05, 0.1) is 17.8 Å². The van der Waals surface area contributed by atoms with Gasteiger partial charge in [-0.05, 0) is 94.7 Å². The molecule has 3 aliphatic rings. The molecule has 0 aromatic carbocycles. The first-order valence-corrected chi connectivity index (χ1v) is 32.8. The van der Waals surface area contributed by atoms with Crippen molar-refractivity contribution in [3.05, 3.63) is 0 Å². The van der Waals surface area contributed by atoms with E-state index in [1.165, 1.54) is 191 Å². The fourth-order valence-electron chi connectivity index (χ4n) is 9.81. The molecule has 0 bridgehead atoms. The summed E-state index contributed by atoms with van der Waals surface area (Å²) in [6.45, 7) is 15.5. The van der Waals surface area contributed by atoms with E-state index in [1.807, 2.05) is 35.3 Å². The molecular formula is C57H111N3O6S3. The number of carboxylic acid groups (broad SMARTS) is 3. The first-order chi connectivity index (χ1) is 33.7. The van der Waals surface area contributed by atoms with Crippen LogP contribution >= 0.6 is 35.3 Å². The fourth-order valence-corrected chi connectivity index (χ4v) is 12.8. The summed E-state index contributed by atoms with van der Waals surface area (Å²) in [5, 5.41) is 27.3. The van der Waals surface area contributed by atoms with Gasteiger partial charge in [0, 0.05) is 56.5 Å². The molecule has 0 radical (unpaired) electrons. The van der Waals surface area contributed by atoms with Gasteiger partial charge in [-0.1, -0.05) is 175 Å². The summed E-state index contributed by atoms with van der Waals surface area (Å²) in [4.78, 5) is 40.1. The average molecular weight is 1030 g/mol. The Morgan fingerprint density at radius 1 is 0.348 bits per heavy atom. The van der Waals surface area contributed by atoms with E-state index in [0.29, 0.717) is 0 Å². The van der Waals surface area contributed by atoms with Crippen molar-refractivity contribution in [1.82, 2.24) is 14.7 Å². The van der Waals surface area contributed by atoms with Gasteiger partial charge in [-0.2, -0.15) is 35.3 Å². The Hall–Kier alpha value is -0.660. The monoisotopic (exact) mass is 1030 g/mol. The van der Waals surface area contributed by atoms with Crippen LogP contribution in [0, 0.1) is 17.8 Å². The Morgan fingerprint density at radius 2 is 0.565 bits per heavy atom. The first kappa shape index (κ1) is 66.4. The van der Waals surface area contributed by atoms with E-state index in [9.17, 15) is 14.4 Å². The lowest BCUT2D eigenvalue weighted by Gasteiger charge is -2.30. The summed E-state index contributed by atoms with van der Waals surface area (Å²) < 4.78 is 0. The molecule has 3 rings (SSSR count). The Morgan fingerprint density at radius 3 is 0.783 bits per heavy atom. The summed E-state index contributed by atoms with van der Waals surface area (Å²) >= 11 is 6.12. The summed E-state index contributed by atoms with van der Waals surface area (Å²) in [6, 6.07) is 0. The SMILES string of the molecule is CCCCCCCCCCCCCCSCCN1CCCC(C(=O)O)C1.CCCCCCCCCCSCCN1CCCC(C(=O)O)C1.CCCCCCCCCSCCN1CCCC(C(=O)O)C1. The van der Waals surface area contributed by atoms with Gasteiger partial charge in [0.25, 0.3) is 0 Å². The third-order valence-corrected chi connectivity index (χ3v) is 17.5. The molecule has 3 aliphatic heterocycles. The van der Waals surface area contributed by atoms with E-state index < -0.39 is 17.9 Å². The second-order valence-electron chi connectivity index (χ2n) is 20.8. The number of hydrogen-bond donors (Lipinski definition) is 3. The van der Waals surface area contributed by atoms with Crippen LogP contribution in [0.2, 0.25) is 0 Å². The van der Waals surface area contributed by atoms with Crippen LogP contribution in [0.3, 0.4) is 0 Å². The van der Waals surface area contributed by atoms with Crippen molar-refractivity contribution in [3.63, 3.8) is 0 Å². The van der Waals surface area contributed by atoms with Crippen LogP contribution in [0.5, 0.6) is 0 Å². The smallest absolute Gasteiger partial charge is 0.307 e. The number of piperidine rings is 3. The van der Waals surface area contributed by atoms with E-state index in [1.54, 1.807) is 0 Å². The zero-order valence-corrected chi connectivity index (χ0v) is 47.8. The number of likely N-dealkylation sites (tertiary alicyclic amines) is 3. The van der Waals surface area contributed by atoms with Gasteiger partial charge in [0.1, 0.15) is 0 Å². The highest BCUT2D eigenvalue weighted by molar-refractivity contribution is 7.99. The molecule has 0 aromatic rings. The molecule has 3 N–H and O–H groups in total. The molecule has 9 nitrogen and oxygen atoms in total. The third-order valence-electron chi connectivity index (χ3n) is 14.4. The normalized spacial score (nSPS) is 19.1. The maximum absolute atomic E-state index is 11.1. The maximum Gasteiger partial charge on any atom is 0.307 e. The van der Waals surface area contributed by atoms with Crippen LogP contribution < -0.4 is 0 Å². The van der Waals surface area contributed by atoms with Gasteiger partial charge < -0.3 is 30.0 Å². The Kier molecular flexibility index (Phi) is 47.6. The summed E-state index contributed by atoms with van der Waals surface area (Å²) in [6.07, 6.45) is 43.4. The predicted molar refractivity (Wildman–Crippen MR) is 304 cm³/mol. The van der Waals surface area contributed by atoms with Crippen molar-refractivity contribution >= 4 is 53.2 Å². The van der Waals surface area contributed by atoms with E-state index >= 15 is 0 Å². The van der Waals surface area contributed by atoms with Gasteiger partial charge in [0.15, 0.2) is 0 Å². The van der Waals surface area contributed by atoms with Gasteiger partial charge >= 0.3 is 17.9 Å². The molecule has 3 saturated heterocycles. The van der Waals surface area contributed by atoms with E-state index in [-0.39, 0.29) is 17.8 Å². The molecule has 3 atom stereocenters. The second kappa shape index (κ2) is 49.5. The lowest BCUT2D eigenvalue weighted by molar-refractivity contribution is -0.144. The molecule has 0 aromatic heterocycles. The van der Waals surface area contributed by atoms with Gasteiger partial charge in [-0.3, -0.25) is 14.4 Å². The molecule has 12 heteroatoms. The van der Waals surface area contributed by atoms with Crippen LogP contribution in [0.1, 0.15) is 233 Å². The Bertz CT molecular complexity index is 1170. The zero-order chi connectivity index (χ0) is 50.3. The highest BCUT2D eigenvalue weighted by atomic mass is 32.2. The number of carbonyl (C=O) groups is 3. The number of unbranched alkanes of at least 4 members (excludes halogenated alkanes) is 24. The zero-order valence-electron chi connectivity index (χ0n) is 45.3. The molecule has 0 spiro atoms. The van der Waals surface area contributed by atoms with Crippen LogP contribution in [-0.4, -0.2) is 141 Å². The number of carboxylic acids is 3. The molecule has 3 heterocycles. The van der Waals surface area contributed by atoms with Crippen molar-refractivity contribution in [1.29, 1.82) is 0 Å². The Balaban J connectivity index is 0.000000521. The first-order valence-electron chi connectivity index (χ1n) is 29.3. The van der Waals surface area contributed by atoms with Crippen molar-refractivity contribution < 1.29 is 29.7 Å². The largest absolute Gasteiger partial charge is 0.481 e. The lowest BCUT2D eigenvalue weighted by atomic mass is 9.98. The molecule has 408 valence electrons. The fraction of sp³-hybridized carbons (Fsp3) is 0.947. The highest BCUT2D eigenvalue weighted by Crippen LogP contribution is 2.21. The van der Waals surface area contributed by atoms with Crippen molar-refractivity contribution in [2.75, 3.05) is 93.4 Å². The minimum absolute atomic E-state index is 0.133. The molecular weight excluding hydrogens is 919 g/mol. The minimum atomic E-state index is -0.615. The van der Waals surface area contributed by atoms with Crippen LogP contribution in [0.25, 0.3) is 0 Å². The van der Waals surface area contributed by atoms with Crippen LogP contribution in [0.4, 0.5) is 0 Å². The molecule has 3 fully saturated rings. The van der Waals surface area contributed by atoms with Gasteiger partial charge in [-0.25, -0.2) is 0 Å². The highest BCUT2D eigenvalue weighted by Gasteiger charge is 2.26. The number of nitrogens with zero attached hydrogens (tertiary/aromatic N) is 3. The van der Waals surface area contributed by atoms with Crippen molar-refractivity contribution in [2.24, 2.45) is 17.8 Å². The van der Waals surface area contributed by atoms with Gasteiger partial charge in [0.2, 0.25) is 0 Å². The number of rotatable bonds is 42. The Labute approximate surface area is 439 Å². The number of aliphatic carboxylic acids is 3. The molecule has 3 unspecified atom stereocenters. The lowest BCUT2D eigenvalue weighted by Crippen LogP contribution is -2.39. The number of hydrogen-bond acceptors (Lipinski definition) is 9. The van der Waals surface area contributed by atoms with Crippen molar-refractivity contribution in [3.8, 4) is 0 Å².